The van der Waals surface area contributed by atoms with E-state index in [1.807, 2.05) is 47.6 Å². The van der Waals surface area contributed by atoms with Crippen LogP contribution in [0, 0.1) is 28.1 Å². The molecule has 0 aromatic rings. The van der Waals surface area contributed by atoms with Gasteiger partial charge >= 0.3 is 0 Å². The van der Waals surface area contributed by atoms with Crippen LogP contribution in [0.1, 0.15) is 108 Å². The molecule has 1 saturated heterocycles. The maximum atomic E-state index is 14.8. The lowest BCUT2D eigenvalue weighted by molar-refractivity contribution is -0.178. The second kappa shape index (κ2) is 9.94. The SMILES string of the molecule is CC[C@@H](C)C(=O)[C@]12C(=O)[C@]3(C)C[C@H](CC=C(C)C)[C@@]1(C)CC[C@H](C(C)(C)O)OC2=C(CC=C(C)C)C3=O. The van der Waals surface area contributed by atoms with Crippen molar-refractivity contribution in [3.05, 3.63) is 34.6 Å². The van der Waals surface area contributed by atoms with Crippen LogP contribution in [-0.4, -0.2) is 34.2 Å². The summed E-state index contributed by atoms with van der Waals surface area (Å²) in [5, 5.41) is 11.1. The van der Waals surface area contributed by atoms with Gasteiger partial charge in [-0.15, -0.1) is 0 Å². The van der Waals surface area contributed by atoms with E-state index in [-0.39, 0.29) is 34.9 Å². The number of hydrogen-bond acceptors (Lipinski definition) is 5. The fourth-order valence-electron chi connectivity index (χ4n) is 6.96. The Labute approximate surface area is 223 Å². The van der Waals surface area contributed by atoms with Gasteiger partial charge in [0.2, 0.25) is 0 Å². The van der Waals surface area contributed by atoms with Gasteiger partial charge in [-0.3, -0.25) is 14.4 Å². The Kier molecular flexibility index (Phi) is 7.94. The third-order valence-corrected chi connectivity index (χ3v) is 9.57. The van der Waals surface area contributed by atoms with Crippen molar-refractivity contribution in [3.8, 4) is 0 Å². The van der Waals surface area contributed by atoms with Crippen molar-refractivity contribution < 1.29 is 24.2 Å². The number of ether oxygens (including phenoxy) is 1. The van der Waals surface area contributed by atoms with Crippen molar-refractivity contribution in [2.24, 2.45) is 28.1 Å². The molecule has 1 aliphatic heterocycles. The zero-order chi connectivity index (χ0) is 28.1. The summed E-state index contributed by atoms with van der Waals surface area (Å²) in [6.07, 6.45) is 6.57. The molecule has 0 unspecified atom stereocenters. The van der Waals surface area contributed by atoms with E-state index in [0.29, 0.717) is 44.1 Å². The fraction of sp³-hybridized carbons (Fsp3) is 0.719. The van der Waals surface area contributed by atoms with Crippen molar-refractivity contribution >= 4 is 17.3 Å². The van der Waals surface area contributed by atoms with Crippen molar-refractivity contribution in [1.82, 2.24) is 0 Å². The normalized spacial score (nSPS) is 34.4. The number of ketones is 3. The summed E-state index contributed by atoms with van der Waals surface area (Å²) in [6, 6.07) is 0. The van der Waals surface area contributed by atoms with Gasteiger partial charge in [-0.05, 0) is 98.3 Å². The van der Waals surface area contributed by atoms with Crippen LogP contribution in [0.25, 0.3) is 0 Å². The second-order valence-electron chi connectivity index (χ2n) is 13.3. The fourth-order valence-corrected chi connectivity index (χ4v) is 6.96. The van der Waals surface area contributed by atoms with E-state index >= 15 is 0 Å². The Balaban J connectivity index is 2.50. The maximum Gasteiger partial charge on any atom is 0.175 e. The monoisotopic (exact) mass is 512 g/mol. The summed E-state index contributed by atoms with van der Waals surface area (Å²) in [6.45, 7) is 19.1. The van der Waals surface area contributed by atoms with Gasteiger partial charge in [-0.25, -0.2) is 0 Å². The number of carbonyl (C=O) groups is 3. The molecule has 0 spiro atoms. The highest BCUT2D eigenvalue weighted by atomic mass is 16.5. The van der Waals surface area contributed by atoms with E-state index < -0.39 is 27.9 Å². The molecular formula is C32H48O5. The topological polar surface area (TPSA) is 80.7 Å². The van der Waals surface area contributed by atoms with Crippen molar-refractivity contribution in [2.45, 2.75) is 119 Å². The number of aliphatic hydroxyl groups is 1. The average Bonchev–Trinajstić information content (AvgIpc) is 2.95. The van der Waals surface area contributed by atoms with Gasteiger partial charge in [0.1, 0.15) is 11.9 Å². The second-order valence-corrected chi connectivity index (χ2v) is 13.3. The van der Waals surface area contributed by atoms with Crippen LogP contribution < -0.4 is 0 Å². The molecule has 0 aromatic carbocycles. The molecule has 1 saturated carbocycles. The molecule has 3 aliphatic rings. The molecule has 3 rings (SSSR count). The highest BCUT2D eigenvalue weighted by molar-refractivity contribution is 6.27. The molecule has 37 heavy (non-hydrogen) atoms. The average molecular weight is 513 g/mol. The molecule has 2 bridgehead atoms. The first-order valence-corrected chi connectivity index (χ1v) is 14.0. The maximum absolute atomic E-state index is 14.8. The Morgan fingerprint density at radius 3 is 2.24 bits per heavy atom. The van der Waals surface area contributed by atoms with Gasteiger partial charge in [-0.1, -0.05) is 44.1 Å². The van der Waals surface area contributed by atoms with Gasteiger partial charge < -0.3 is 9.84 Å². The minimum Gasteiger partial charge on any atom is -0.490 e. The van der Waals surface area contributed by atoms with Crippen molar-refractivity contribution in [2.75, 3.05) is 0 Å². The number of carbonyl (C=O) groups excluding carboxylic acids is 3. The van der Waals surface area contributed by atoms with Gasteiger partial charge in [0.25, 0.3) is 0 Å². The number of Topliss-reactive ketones (excluding diaryl/α,β-unsaturated/α-hetero) is 3. The largest absolute Gasteiger partial charge is 0.490 e. The predicted octanol–water partition coefficient (Wildman–Crippen LogP) is 6.69. The zero-order valence-electron chi connectivity index (χ0n) is 24.7. The summed E-state index contributed by atoms with van der Waals surface area (Å²) in [7, 11) is 0. The first-order valence-electron chi connectivity index (χ1n) is 14.0. The number of hydrogen-bond donors (Lipinski definition) is 1. The van der Waals surface area contributed by atoms with Crippen LogP contribution in [0.5, 0.6) is 0 Å². The number of fused-ring (bicyclic) bond motifs is 1. The predicted molar refractivity (Wildman–Crippen MR) is 147 cm³/mol. The smallest absolute Gasteiger partial charge is 0.175 e. The Morgan fingerprint density at radius 2 is 1.73 bits per heavy atom. The van der Waals surface area contributed by atoms with Crippen molar-refractivity contribution in [1.29, 1.82) is 0 Å². The van der Waals surface area contributed by atoms with Crippen molar-refractivity contribution in [3.63, 3.8) is 0 Å². The lowest BCUT2D eigenvalue weighted by atomic mass is 9.39. The molecule has 1 heterocycles. The molecular weight excluding hydrogens is 464 g/mol. The minimum absolute atomic E-state index is 0.0637. The highest BCUT2D eigenvalue weighted by Gasteiger charge is 2.76. The molecule has 1 N–H and O–H groups in total. The molecule has 5 nitrogen and oxygen atoms in total. The summed E-state index contributed by atoms with van der Waals surface area (Å²) in [4.78, 5) is 43.7. The van der Waals surface area contributed by atoms with E-state index in [0.717, 1.165) is 5.57 Å². The lowest BCUT2D eigenvalue weighted by Gasteiger charge is -2.60. The number of rotatable bonds is 8. The van der Waals surface area contributed by atoms with E-state index in [9.17, 15) is 19.5 Å². The quantitative estimate of drug-likeness (QED) is 0.289. The lowest BCUT2D eigenvalue weighted by Crippen LogP contribution is -2.69. The molecule has 5 heteroatoms. The molecule has 0 radical (unpaired) electrons. The number of allylic oxidation sites excluding steroid dienone is 6. The standard InChI is InChI=1S/C32H48O5/c1-11-21(6)25(33)32-27-23(15-13-20(4)5)26(34)30(9,28(32)35)18-22(14-12-19(2)3)31(32,10)17-16-24(37-27)29(7,8)36/h12-13,21-22,24,36H,11,14-18H2,1-10H3/t21-,22+,24-,30-,31-,32+/m1/s1. The van der Waals surface area contributed by atoms with Gasteiger partial charge in [0, 0.05) is 11.5 Å². The molecule has 206 valence electrons. The first kappa shape index (κ1) is 29.5. The summed E-state index contributed by atoms with van der Waals surface area (Å²) in [5.74, 6) is -0.853. The minimum atomic E-state index is -1.55. The third-order valence-electron chi connectivity index (χ3n) is 9.57. The van der Waals surface area contributed by atoms with Crippen LogP contribution in [0.15, 0.2) is 34.6 Å². The van der Waals surface area contributed by atoms with Crippen LogP contribution >= 0.6 is 0 Å². The molecule has 2 fully saturated rings. The van der Waals surface area contributed by atoms with E-state index in [4.69, 9.17) is 4.74 Å². The molecule has 6 atom stereocenters. The Bertz CT molecular complexity index is 1060. The Morgan fingerprint density at radius 1 is 1.14 bits per heavy atom. The van der Waals surface area contributed by atoms with Crippen LogP contribution in [0.3, 0.4) is 0 Å². The molecule has 0 aromatic heterocycles. The Hall–Kier alpha value is -2.01. The summed E-state index contributed by atoms with van der Waals surface area (Å²) in [5.41, 5.74) is -2.13. The van der Waals surface area contributed by atoms with Gasteiger partial charge in [-0.2, -0.15) is 0 Å². The summed E-state index contributed by atoms with van der Waals surface area (Å²) < 4.78 is 6.64. The van der Waals surface area contributed by atoms with Gasteiger partial charge in [0.15, 0.2) is 22.8 Å². The summed E-state index contributed by atoms with van der Waals surface area (Å²) >= 11 is 0. The highest BCUT2D eigenvalue weighted by Crippen LogP contribution is 2.69. The van der Waals surface area contributed by atoms with Crippen LogP contribution in [0.2, 0.25) is 0 Å². The molecule has 0 amide bonds. The van der Waals surface area contributed by atoms with E-state index in [1.54, 1.807) is 20.8 Å². The first-order chi connectivity index (χ1) is 17.0. The van der Waals surface area contributed by atoms with E-state index in [1.165, 1.54) is 5.57 Å². The zero-order valence-corrected chi connectivity index (χ0v) is 24.7. The van der Waals surface area contributed by atoms with Gasteiger partial charge in [0.05, 0.1) is 11.0 Å². The third kappa shape index (κ3) is 4.49. The van der Waals surface area contributed by atoms with Crippen LogP contribution in [0.4, 0.5) is 0 Å². The van der Waals surface area contributed by atoms with E-state index in [2.05, 4.69) is 13.0 Å². The molecule has 2 aliphatic carbocycles. The van der Waals surface area contributed by atoms with Crippen LogP contribution in [-0.2, 0) is 19.1 Å².